The van der Waals surface area contributed by atoms with E-state index in [-0.39, 0.29) is 16.3 Å². The largest absolute Gasteiger partial charge is 0.467 e. The molecule has 2 rings (SSSR count). The van der Waals surface area contributed by atoms with Gasteiger partial charge in [-0.15, -0.1) is 0 Å². The number of thioether (sulfide) groups is 1. The van der Waals surface area contributed by atoms with Crippen LogP contribution in [0.1, 0.15) is 33.1 Å². The van der Waals surface area contributed by atoms with E-state index in [4.69, 9.17) is 4.74 Å². The molecule has 1 N–H and O–H groups in total. The summed E-state index contributed by atoms with van der Waals surface area (Å²) >= 11 is 1.20. The lowest BCUT2D eigenvalue weighted by Gasteiger charge is -2.32. The number of esters is 1. The number of ether oxygens (including phenoxy) is 1. The summed E-state index contributed by atoms with van der Waals surface area (Å²) in [5, 5.41) is 3.19. The Labute approximate surface area is 129 Å². The quantitative estimate of drug-likeness (QED) is 0.767. The van der Waals surface area contributed by atoms with Crippen LogP contribution in [0, 0.1) is 0 Å². The molecule has 0 saturated carbocycles. The predicted octanol–water partition coefficient (Wildman–Crippen LogP) is 0.551. The number of nitrogens with zero attached hydrogens (tertiary/aromatic N) is 1. The summed E-state index contributed by atoms with van der Waals surface area (Å²) in [6.07, 6.45) is 2.18. The van der Waals surface area contributed by atoms with Gasteiger partial charge in [0.15, 0.2) is 5.12 Å². The lowest BCUT2D eigenvalue weighted by atomic mass is 9.98. The van der Waals surface area contributed by atoms with Crippen molar-refractivity contribution in [2.45, 2.75) is 49.9 Å². The minimum absolute atomic E-state index is 0.00289. The molecule has 0 bridgehead atoms. The van der Waals surface area contributed by atoms with Crippen LogP contribution in [0.5, 0.6) is 0 Å². The van der Waals surface area contributed by atoms with Crippen molar-refractivity contribution >= 4 is 28.8 Å². The van der Waals surface area contributed by atoms with E-state index in [1.807, 2.05) is 6.92 Å². The van der Waals surface area contributed by atoms with Gasteiger partial charge in [-0.2, -0.15) is 0 Å². The Kier molecular flexibility index (Phi) is 4.93. The van der Waals surface area contributed by atoms with Crippen molar-refractivity contribution in [1.82, 2.24) is 10.2 Å². The molecule has 7 heteroatoms. The maximum Gasteiger partial charge on any atom is 0.328 e. The zero-order chi connectivity index (χ0) is 15.6. The summed E-state index contributed by atoms with van der Waals surface area (Å²) in [7, 11) is 1.33. The minimum Gasteiger partial charge on any atom is -0.467 e. The van der Waals surface area contributed by atoms with Gasteiger partial charge in [0, 0.05) is 18.7 Å². The lowest BCUT2D eigenvalue weighted by Crippen LogP contribution is -2.55. The molecule has 21 heavy (non-hydrogen) atoms. The monoisotopic (exact) mass is 314 g/mol. The highest BCUT2D eigenvalue weighted by Gasteiger charge is 2.47. The van der Waals surface area contributed by atoms with E-state index >= 15 is 0 Å². The fraction of sp³-hybridized carbons (Fsp3) is 0.786. The van der Waals surface area contributed by atoms with Crippen molar-refractivity contribution in [2.24, 2.45) is 0 Å². The van der Waals surface area contributed by atoms with Gasteiger partial charge < -0.3 is 15.0 Å². The predicted molar refractivity (Wildman–Crippen MR) is 79.8 cm³/mol. The molecule has 0 aromatic rings. The van der Waals surface area contributed by atoms with Crippen LogP contribution in [-0.4, -0.2) is 58.9 Å². The second-order valence-corrected chi connectivity index (χ2v) is 7.30. The summed E-state index contributed by atoms with van der Waals surface area (Å²) in [5.74, 6) is -0.473. The maximum atomic E-state index is 12.8. The van der Waals surface area contributed by atoms with Crippen LogP contribution in [0.25, 0.3) is 0 Å². The first-order valence-electron chi connectivity index (χ1n) is 7.18. The fourth-order valence-electron chi connectivity index (χ4n) is 3.10. The second kappa shape index (κ2) is 6.36. The SMILES string of the molecule is COC(=O)[C@@H]1C[C@H](SC(C)=O)CN1C(=O)[C@]1(C)CCCN1. The normalized spacial score (nSPS) is 32.2. The molecule has 3 atom stereocenters. The summed E-state index contributed by atoms with van der Waals surface area (Å²) in [6, 6.07) is -0.585. The summed E-state index contributed by atoms with van der Waals surface area (Å²) in [6.45, 7) is 4.61. The van der Waals surface area contributed by atoms with E-state index in [1.54, 1.807) is 4.90 Å². The van der Waals surface area contributed by atoms with Gasteiger partial charge in [0.25, 0.3) is 0 Å². The number of amides is 1. The zero-order valence-electron chi connectivity index (χ0n) is 12.7. The van der Waals surface area contributed by atoms with Crippen LogP contribution in [0.3, 0.4) is 0 Å². The van der Waals surface area contributed by atoms with Crippen LogP contribution in [0.15, 0.2) is 0 Å². The standard InChI is InChI=1S/C14H22N2O4S/c1-9(17)21-10-7-11(12(18)20-3)16(8-10)13(19)14(2)5-4-6-15-14/h10-11,15H,4-8H2,1-3H3/t10-,11-,14-/m0/s1. The molecule has 0 radical (unpaired) electrons. The molecule has 2 saturated heterocycles. The van der Waals surface area contributed by atoms with E-state index in [0.717, 1.165) is 19.4 Å². The van der Waals surface area contributed by atoms with E-state index in [2.05, 4.69) is 5.32 Å². The lowest BCUT2D eigenvalue weighted by molar-refractivity contribution is -0.153. The molecule has 0 spiro atoms. The van der Waals surface area contributed by atoms with Crippen molar-refractivity contribution in [3.8, 4) is 0 Å². The van der Waals surface area contributed by atoms with Crippen molar-refractivity contribution in [2.75, 3.05) is 20.2 Å². The molecule has 2 aliphatic rings. The average Bonchev–Trinajstić information content (AvgIpc) is 3.04. The van der Waals surface area contributed by atoms with Gasteiger partial charge >= 0.3 is 5.97 Å². The molecule has 118 valence electrons. The van der Waals surface area contributed by atoms with Gasteiger partial charge in [0.2, 0.25) is 5.91 Å². The Morgan fingerprint density at radius 1 is 1.38 bits per heavy atom. The van der Waals surface area contributed by atoms with Crippen molar-refractivity contribution in [3.05, 3.63) is 0 Å². The van der Waals surface area contributed by atoms with Gasteiger partial charge in [0.05, 0.1) is 12.6 Å². The van der Waals surface area contributed by atoms with Gasteiger partial charge in [-0.05, 0) is 32.7 Å². The van der Waals surface area contributed by atoms with Crippen LogP contribution in [0.4, 0.5) is 0 Å². The molecule has 0 aliphatic carbocycles. The number of carbonyl (C=O) groups is 3. The topological polar surface area (TPSA) is 75.7 Å². The number of rotatable bonds is 3. The molecule has 2 heterocycles. The Morgan fingerprint density at radius 3 is 2.62 bits per heavy atom. The summed E-state index contributed by atoms with van der Waals surface area (Å²) < 4.78 is 4.82. The third-order valence-corrected chi connectivity index (χ3v) is 5.18. The van der Waals surface area contributed by atoms with Crippen LogP contribution >= 0.6 is 11.8 Å². The van der Waals surface area contributed by atoms with E-state index < -0.39 is 17.6 Å². The molecule has 2 aliphatic heterocycles. The molecule has 2 fully saturated rings. The molecule has 0 aromatic heterocycles. The first-order chi connectivity index (χ1) is 9.87. The Balaban J connectivity index is 2.15. The first kappa shape index (κ1) is 16.3. The number of hydrogen-bond donors (Lipinski definition) is 1. The highest BCUT2D eigenvalue weighted by Crippen LogP contribution is 2.32. The summed E-state index contributed by atoms with van der Waals surface area (Å²) in [5.41, 5.74) is -0.609. The van der Waals surface area contributed by atoms with Crippen molar-refractivity contribution in [3.63, 3.8) is 0 Å². The van der Waals surface area contributed by atoms with Gasteiger partial charge in [-0.25, -0.2) is 4.79 Å². The number of likely N-dealkylation sites (tertiary alicyclic amines) is 1. The van der Waals surface area contributed by atoms with Gasteiger partial charge in [0.1, 0.15) is 6.04 Å². The van der Waals surface area contributed by atoms with E-state index in [1.165, 1.54) is 25.8 Å². The first-order valence-corrected chi connectivity index (χ1v) is 8.06. The molecular weight excluding hydrogens is 292 g/mol. The molecule has 0 unspecified atom stereocenters. The Morgan fingerprint density at radius 2 is 2.10 bits per heavy atom. The second-order valence-electron chi connectivity index (χ2n) is 5.83. The van der Waals surface area contributed by atoms with E-state index in [9.17, 15) is 14.4 Å². The molecule has 1 amide bonds. The number of carbonyl (C=O) groups excluding carboxylic acids is 3. The minimum atomic E-state index is -0.609. The average molecular weight is 314 g/mol. The van der Waals surface area contributed by atoms with Gasteiger partial charge in [-0.3, -0.25) is 9.59 Å². The van der Waals surface area contributed by atoms with Crippen molar-refractivity contribution in [1.29, 1.82) is 0 Å². The molecule has 0 aromatic carbocycles. The zero-order valence-corrected chi connectivity index (χ0v) is 13.5. The third-order valence-electron chi connectivity index (χ3n) is 4.17. The molecule has 6 nitrogen and oxygen atoms in total. The van der Waals surface area contributed by atoms with Crippen LogP contribution < -0.4 is 5.32 Å². The number of methoxy groups -OCH3 is 1. The fourth-order valence-corrected chi connectivity index (χ4v) is 4.08. The number of hydrogen-bond acceptors (Lipinski definition) is 6. The van der Waals surface area contributed by atoms with Crippen molar-refractivity contribution < 1.29 is 19.1 Å². The third kappa shape index (κ3) is 3.40. The van der Waals surface area contributed by atoms with Crippen LogP contribution in [0.2, 0.25) is 0 Å². The number of nitrogens with one attached hydrogen (secondary N) is 1. The Bertz CT molecular complexity index is 448. The smallest absolute Gasteiger partial charge is 0.328 e. The molecular formula is C14H22N2O4S. The van der Waals surface area contributed by atoms with Gasteiger partial charge in [-0.1, -0.05) is 11.8 Å². The summed E-state index contributed by atoms with van der Waals surface area (Å²) in [4.78, 5) is 37.6. The highest BCUT2D eigenvalue weighted by atomic mass is 32.2. The highest BCUT2D eigenvalue weighted by molar-refractivity contribution is 8.14. The Hall–Kier alpha value is -1.08. The maximum absolute atomic E-state index is 12.8. The van der Waals surface area contributed by atoms with Crippen LogP contribution in [-0.2, 0) is 19.1 Å². The van der Waals surface area contributed by atoms with E-state index in [0.29, 0.717) is 13.0 Å².